The Kier molecular flexibility index (Phi) is 4.99. The summed E-state index contributed by atoms with van der Waals surface area (Å²) < 4.78 is 1.77. The maximum Gasteiger partial charge on any atom is 0.262 e. The summed E-state index contributed by atoms with van der Waals surface area (Å²) in [7, 11) is 0. The second-order valence-corrected chi connectivity index (χ2v) is 10.0. The van der Waals surface area contributed by atoms with Crippen LogP contribution in [0.2, 0.25) is 0 Å². The first kappa shape index (κ1) is 20.2. The summed E-state index contributed by atoms with van der Waals surface area (Å²) in [5, 5.41) is 6.89. The van der Waals surface area contributed by atoms with Gasteiger partial charge in [-0.05, 0) is 59.4 Å². The van der Waals surface area contributed by atoms with Gasteiger partial charge in [0, 0.05) is 23.0 Å². The first-order valence-corrected chi connectivity index (χ1v) is 12.3. The molecule has 2 aromatic heterocycles. The Labute approximate surface area is 196 Å². The van der Waals surface area contributed by atoms with Gasteiger partial charge < -0.3 is 5.32 Å². The van der Waals surface area contributed by atoms with E-state index in [2.05, 4.69) is 66.8 Å². The first-order chi connectivity index (χ1) is 16.2. The molecule has 3 aromatic carbocycles. The van der Waals surface area contributed by atoms with Crippen LogP contribution in [0.1, 0.15) is 28.0 Å². The Bertz CT molecular complexity index is 1540. The molecule has 33 heavy (non-hydrogen) atoms. The predicted molar refractivity (Wildman–Crippen MR) is 138 cm³/mol. The zero-order valence-corrected chi connectivity index (χ0v) is 19.4. The SMILES string of the molecule is Cc1cccc(NC2CCc3c(sc4ncn(Cc5cccc6ccccc56)c(=O)c34)C2)c1. The molecule has 2 heterocycles. The van der Waals surface area contributed by atoms with E-state index in [1.165, 1.54) is 32.5 Å². The van der Waals surface area contributed by atoms with Crippen LogP contribution in [-0.2, 0) is 19.4 Å². The number of nitrogens with zero attached hydrogens (tertiary/aromatic N) is 2. The molecular formula is C28H25N3OS. The maximum absolute atomic E-state index is 13.5. The van der Waals surface area contributed by atoms with Crippen molar-refractivity contribution in [3.05, 3.63) is 105 Å². The second kappa shape index (κ2) is 8.16. The molecule has 1 atom stereocenters. The number of aryl methyl sites for hydroxylation is 2. The van der Waals surface area contributed by atoms with E-state index in [4.69, 9.17) is 4.98 Å². The molecule has 0 fully saturated rings. The summed E-state index contributed by atoms with van der Waals surface area (Å²) >= 11 is 1.68. The van der Waals surface area contributed by atoms with Crippen molar-refractivity contribution in [2.45, 2.75) is 38.8 Å². The molecule has 0 spiro atoms. The fourth-order valence-corrected chi connectivity index (χ4v) is 6.28. The number of fused-ring (bicyclic) bond motifs is 4. The summed E-state index contributed by atoms with van der Waals surface area (Å²) in [6, 6.07) is 23.5. The molecule has 6 rings (SSSR count). The van der Waals surface area contributed by atoms with Crippen molar-refractivity contribution in [2.24, 2.45) is 0 Å². The molecule has 1 aliphatic carbocycles. The zero-order valence-electron chi connectivity index (χ0n) is 18.5. The third-order valence-corrected chi connectivity index (χ3v) is 7.81. The van der Waals surface area contributed by atoms with Crippen molar-refractivity contribution in [3.8, 4) is 0 Å². The van der Waals surface area contributed by atoms with Gasteiger partial charge in [0.05, 0.1) is 18.3 Å². The quantitative estimate of drug-likeness (QED) is 0.368. The third kappa shape index (κ3) is 3.72. The van der Waals surface area contributed by atoms with Crippen LogP contribution in [0.15, 0.2) is 77.9 Å². The smallest absolute Gasteiger partial charge is 0.262 e. The molecular weight excluding hydrogens is 426 g/mol. The van der Waals surface area contributed by atoms with E-state index in [1.807, 2.05) is 12.1 Å². The molecule has 0 amide bonds. The van der Waals surface area contributed by atoms with Crippen LogP contribution in [0.25, 0.3) is 21.0 Å². The van der Waals surface area contributed by atoms with E-state index in [9.17, 15) is 4.79 Å². The van der Waals surface area contributed by atoms with Gasteiger partial charge in [0.25, 0.3) is 5.56 Å². The van der Waals surface area contributed by atoms with Gasteiger partial charge >= 0.3 is 0 Å². The molecule has 0 saturated carbocycles. The van der Waals surface area contributed by atoms with Gasteiger partial charge in [0.2, 0.25) is 0 Å². The van der Waals surface area contributed by atoms with Gasteiger partial charge in [0.1, 0.15) is 4.83 Å². The summed E-state index contributed by atoms with van der Waals surface area (Å²) in [5.41, 5.74) is 4.86. The van der Waals surface area contributed by atoms with Crippen LogP contribution in [-0.4, -0.2) is 15.6 Å². The molecule has 0 bridgehead atoms. The Morgan fingerprint density at radius 3 is 2.85 bits per heavy atom. The molecule has 0 radical (unpaired) electrons. The normalized spacial score (nSPS) is 15.6. The van der Waals surface area contributed by atoms with E-state index in [0.717, 1.165) is 35.0 Å². The number of thiophene rings is 1. The zero-order chi connectivity index (χ0) is 22.4. The van der Waals surface area contributed by atoms with Gasteiger partial charge in [-0.3, -0.25) is 9.36 Å². The highest BCUT2D eigenvalue weighted by molar-refractivity contribution is 7.18. The number of aromatic nitrogens is 2. The summed E-state index contributed by atoms with van der Waals surface area (Å²) in [5.74, 6) is 0. The molecule has 0 saturated heterocycles. The van der Waals surface area contributed by atoms with Crippen molar-refractivity contribution in [2.75, 3.05) is 5.32 Å². The number of nitrogens with one attached hydrogen (secondary N) is 1. The lowest BCUT2D eigenvalue weighted by atomic mass is 9.93. The monoisotopic (exact) mass is 451 g/mol. The Morgan fingerprint density at radius 1 is 1.09 bits per heavy atom. The topological polar surface area (TPSA) is 46.9 Å². The van der Waals surface area contributed by atoms with Crippen LogP contribution in [0.4, 0.5) is 5.69 Å². The Hall–Kier alpha value is -3.44. The molecule has 5 heteroatoms. The molecule has 1 unspecified atom stereocenters. The van der Waals surface area contributed by atoms with Gasteiger partial charge in [-0.2, -0.15) is 0 Å². The van der Waals surface area contributed by atoms with Crippen LogP contribution in [0, 0.1) is 6.92 Å². The first-order valence-electron chi connectivity index (χ1n) is 11.5. The minimum absolute atomic E-state index is 0.0792. The van der Waals surface area contributed by atoms with E-state index in [0.29, 0.717) is 12.6 Å². The summed E-state index contributed by atoms with van der Waals surface area (Å²) in [6.45, 7) is 2.65. The Morgan fingerprint density at radius 2 is 1.94 bits per heavy atom. The van der Waals surface area contributed by atoms with Crippen molar-refractivity contribution in [1.29, 1.82) is 0 Å². The largest absolute Gasteiger partial charge is 0.382 e. The van der Waals surface area contributed by atoms with Crippen molar-refractivity contribution in [3.63, 3.8) is 0 Å². The van der Waals surface area contributed by atoms with Gasteiger partial charge in [-0.25, -0.2) is 4.98 Å². The number of rotatable bonds is 4. The lowest BCUT2D eigenvalue weighted by Gasteiger charge is -2.24. The Balaban J connectivity index is 1.32. The van der Waals surface area contributed by atoms with E-state index in [1.54, 1.807) is 22.2 Å². The van der Waals surface area contributed by atoms with Crippen molar-refractivity contribution < 1.29 is 0 Å². The standard InChI is InChI=1S/C28H25N3OS/c1-18-6-4-10-21(14-18)30-22-12-13-24-25(15-22)33-27-26(24)28(32)31(17-29-27)16-20-9-5-8-19-7-2-3-11-23(19)20/h2-11,14,17,22,30H,12-13,15-16H2,1H3. The average Bonchev–Trinajstić information content (AvgIpc) is 3.19. The maximum atomic E-state index is 13.5. The average molecular weight is 452 g/mol. The van der Waals surface area contributed by atoms with E-state index < -0.39 is 0 Å². The van der Waals surface area contributed by atoms with Gasteiger partial charge in [0.15, 0.2) is 0 Å². The van der Waals surface area contributed by atoms with Gasteiger partial charge in [-0.15, -0.1) is 11.3 Å². The lowest BCUT2D eigenvalue weighted by molar-refractivity contribution is 0.621. The molecule has 0 aliphatic heterocycles. The fraction of sp³-hybridized carbons (Fsp3) is 0.214. The molecule has 164 valence electrons. The number of benzene rings is 3. The fourth-order valence-electron chi connectivity index (χ4n) is 5.02. The van der Waals surface area contributed by atoms with Crippen molar-refractivity contribution >= 4 is 38.0 Å². The minimum Gasteiger partial charge on any atom is -0.382 e. The number of hydrogen-bond acceptors (Lipinski definition) is 4. The highest BCUT2D eigenvalue weighted by Crippen LogP contribution is 2.34. The highest BCUT2D eigenvalue weighted by atomic mass is 32.1. The van der Waals surface area contributed by atoms with Crippen LogP contribution >= 0.6 is 11.3 Å². The van der Waals surface area contributed by atoms with Crippen LogP contribution in [0.5, 0.6) is 0 Å². The molecule has 1 aliphatic rings. The van der Waals surface area contributed by atoms with Gasteiger partial charge in [-0.1, -0.05) is 54.6 Å². The predicted octanol–water partition coefficient (Wildman–Crippen LogP) is 5.94. The lowest BCUT2D eigenvalue weighted by Crippen LogP contribution is -2.27. The minimum atomic E-state index is 0.0792. The van der Waals surface area contributed by atoms with Crippen LogP contribution in [0.3, 0.4) is 0 Å². The van der Waals surface area contributed by atoms with E-state index >= 15 is 0 Å². The molecule has 5 aromatic rings. The van der Waals surface area contributed by atoms with Crippen LogP contribution < -0.4 is 10.9 Å². The van der Waals surface area contributed by atoms with Crippen molar-refractivity contribution in [1.82, 2.24) is 9.55 Å². The second-order valence-electron chi connectivity index (χ2n) is 8.95. The highest BCUT2D eigenvalue weighted by Gasteiger charge is 2.25. The summed E-state index contributed by atoms with van der Waals surface area (Å²) in [6.07, 6.45) is 4.59. The molecule has 1 N–H and O–H groups in total. The third-order valence-electron chi connectivity index (χ3n) is 6.65. The van der Waals surface area contributed by atoms with E-state index in [-0.39, 0.29) is 5.56 Å². The summed E-state index contributed by atoms with van der Waals surface area (Å²) in [4.78, 5) is 20.4. The number of hydrogen-bond donors (Lipinski definition) is 1. The molecule has 4 nitrogen and oxygen atoms in total. The number of anilines is 1.